The second-order valence-electron chi connectivity index (χ2n) is 9.41. The number of aryl methyl sites for hydroxylation is 2. The van der Waals surface area contributed by atoms with Crippen molar-refractivity contribution in [1.82, 2.24) is 24.3 Å². The van der Waals surface area contributed by atoms with E-state index >= 15 is 0 Å². The van der Waals surface area contributed by atoms with Crippen molar-refractivity contribution in [2.45, 2.75) is 57.4 Å². The number of rotatable bonds is 6. The van der Waals surface area contributed by atoms with Crippen molar-refractivity contribution in [1.29, 1.82) is 0 Å². The van der Waals surface area contributed by atoms with Gasteiger partial charge in [-0.1, -0.05) is 6.42 Å². The van der Waals surface area contributed by atoms with Crippen molar-refractivity contribution in [2.75, 3.05) is 5.32 Å². The SMILES string of the molecule is Cc1cc(C)n2nc(C(=O)Nc3ccc(S(=O)(=O)N[C@@H](C)[C@@H]4C[C@H]5CC[C@H]4C5)cc3)nc2n1. The van der Waals surface area contributed by atoms with Crippen LogP contribution in [0.4, 0.5) is 5.69 Å². The molecular formula is C23H28N6O3S. The molecule has 1 amide bonds. The van der Waals surface area contributed by atoms with E-state index in [4.69, 9.17) is 0 Å². The average Bonchev–Trinajstić information content (AvgIpc) is 3.49. The van der Waals surface area contributed by atoms with E-state index < -0.39 is 15.9 Å². The van der Waals surface area contributed by atoms with Crippen molar-refractivity contribution in [3.05, 3.63) is 47.5 Å². The zero-order valence-corrected chi connectivity index (χ0v) is 19.8. The zero-order valence-electron chi connectivity index (χ0n) is 18.9. The highest BCUT2D eigenvalue weighted by Crippen LogP contribution is 2.49. The Kier molecular flexibility index (Phi) is 5.44. The first-order valence-electron chi connectivity index (χ1n) is 11.3. The first kappa shape index (κ1) is 22.0. The number of carbonyl (C=O) groups excluding carboxylic acids is 1. The Balaban J connectivity index is 1.26. The van der Waals surface area contributed by atoms with Crippen LogP contribution < -0.4 is 10.0 Å². The number of hydrogen-bond acceptors (Lipinski definition) is 6. The molecule has 2 heterocycles. The second kappa shape index (κ2) is 8.18. The Morgan fingerprint density at radius 2 is 1.88 bits per heavy atom. The minimum Gasteiger partial charge on any atom is -0.319 e. The minimum atomic E-state index is -3.64. The Hall–Kier alpha value is -2.85. The summed E-state index contributed by atoms with van der Waals surface area (Å²) in [7, 11) is -3.64. The predicted octanol–water partition coefficient (Wildman–Crippen LogP) is 3.10. The van der Waals surface area contributed by atoms with Crippen molar-refractivity contribution in [3.63, 3.8) is 0 Å². The van der Waals surface area contributed by atoms with Crippen molar-refractivity contribution >= 4 is 27.4 Å². The molecule has 0 saturated heterocycles. The molecule has 2 N–H and O–H groups in total. The number of nitrogens with zero attached hydrogens (tertiary/aromatic N) is 4. The summed E-state index contributed by atoms with van der Waals surface area (Å²) in [4.78, 5) is 21.3. The van der Waals surface area contributed by atoms with Crippen LogP contribution in [0, 0.1) is 31.6 Å². The van der Waals surface area contributed by atoms with Crippen molar-refractivity contribution < 1.29 is 13.2 Å². The monoisotopic (exact) mass is 468 g/mol. The highest BCUT2D eigenvalue weighted by Gasteiger charge is 2.42. The molecule has 0 unspecified atom stereocenters. The van der Waals surface area contributed by atoms with E-state index in [1.807, 2.05) is 26.8 Å². The summed E-state index contributed by atoms with van der Waals surface area (Å²) in [6.07, 6.45) is 4.85. The van der Waals surface area contributed by atoms with Gasteiger partial charge < -0.3 is 5.32 Å². The lowest BCUT2D eigenvalue weighted by atomic mass is 9.84. The maximum absolute atomic E-state index is 12.9. The van der Waals surface area contributed by atoms with Crippen LogP contribution in [0.1, 0.15) is 54.6 Å². The van der Waals surface area contributed by atoms with Gasteiger partial charge in [0.15, 0.2) is 0 Å². The molecule has 1 aromatic carbocycles. The van der Waals surface area contributed by atoms with Gasteiger partial charge in [0.2, 0.25) is 15.8 Å². The molecule has 2 aromatic heterocycles. The molecule has 33 heavy (non-hydrogen) atoms. The van der Waals surface area contributed by atoms with Crippen LogP contribution in [0.2, 0.25) is 0 Å². The van der Waals surface area contributed by atoms with E-state index in [-0.39, 0.29) is 16.8 Å². The predicted molar refractivity (Wildman–Crippen MR) is 123 cm³/mol. The van der Waals surface area contributed by atoms with E-state index in [1.54, 1.807) is 12.1 Å². The lowest BCUT2D eigenvalue weighted by Gasteiger charge is -2.28. The number of aromatic nitrogens is 4. The lowest BCUT2D eigenvalue weighted by Crippen LogP contribution is -2.40. The zero-order chi connectivity index (χ0) is 23.3. The largest absolute Gasteiger partial charge is 0.319 e. The minimum absolute atomic E-state index is 0.00532. The first-order chi connectivity index (χ1) is 15.7. The Bertz CT molecular complexity index is 1320. The molecule has 9 nitrogen and oxygen atoms in total. The van der Waals surface area contributed by atoms with E-state index in [9.17, 15) is 13.2 Å². The Morgan fingerprint density at radius 1 is 1.12 bits per heavy atom. The second-order valence-corrected chi connectivity index (χ2v) is 11.1. The topological polar surface area (TPSA) is 118 Å². The number of carbonyl (C=O) groups is 1. The molecule has 0 spiro atoms. The highest BCUT2D eigenvalue weighted by molar-refractivity contribution is 7.89. The standard InChI is InChI=1S/C23H28N6O3S/c1-13-10-14(2)29-23(24-13)26-21(27-29)22(30)25-18-6-8-19(9-7-18)33(31,32)28-15(3)20-12-16-4-5-17(20)11-16/h6-10,15-17,20,28H,4-5,11-12H2,1-3H3,(H,25,30)/t15-,16-,17-,20-/m0/s1. The Morgan fingerprint density at radius 3 is 2.55 bits per heavy atom. The molecule has 4 atom stereocenters. The van der Waals surface area contributed by atoms with Crippen LogP contribution >= 0.6 is 0 Å². The molecule has 2 fully saturated rings. The Labute approximate surface area is 193 Å². The van der Waals surface area contributed by atoms with Crippen molar-refractivity contribution in [3.8, 4) is 0 Å². The number of amides is 1. The molecule has 2 saturated carbocycles. The molecule has 10 heteroatoms. The van der Waals surface area contributed by atoms with Gasteiger partial charge in [0, 0.05) is 23.1 Å². The molecule has 2 aliphatic carbocycles. The van der Waals surface area contributed by atoms with Crippen LogP contribution in [0.3, 0.4) is 0 Å². The number of sulfonamides is 1. The number of benzene rings is 1. The first-order valence-corrected chi connectivity index (χ1v) is 12.8. The average molecular weight is 469 g/mol. The molecular weight excluding hydrogens is 440 g/mol. The van der Waals surface area contributed by atoms with Crippen LogP contribution in [-0.2, 0) is 10.0 Å². The number of nitrogens with one attached hydrogen (secondary N) is 2. The third kappa shape index (κ3) is 4.24. The fourth-order valence-electron chi connectivity index (χ4n) is 5.47. The van der Waals surface area contributed by atoms with E-state index in [1.165, 1.54) is 35.9 Å². The van der Waals surface area contributed by atoms with Crippen LogP contribution in [0.15, 0.2) is 35.2 Å². The molecule has 0 radical (unpaired) electrons. The highest BCUT2D eigenvalue weighted by atomic mass is 32.2. The molecule has 0 aliphatic heterocycles. The van der Waals surface area contributed by atoms with Gasteiger partial charge in [0.1, 0.15) is 0 Å². The van der Waals surface area contributed by atoms with E-state index in [0.29, 0.717) is 23.3 Å². The maximum Gasteiger partial charge on any atom is 0.295 e. The fraction of sp³-hybridized carbons (Fsp3) is 0.478. The van der Waals surface area contributed by atoms with Gasteiger partial charge in [-0.15, -0.1) is 5.10 Å². The summed E-state index contributed by atoms with van der Waals surface area (Å²) in [5, 5.41) is 6.93. The van der Waals surface area contributed by atoms with Crippen molar-refractivity contribution in [2.24, 2.45) is 17.8 Å². The summed E-state index contributed by atoms with van der Waals surface area (Å²) < 4.78 is 30.2. The smallest absolute Gasteiger partial charge is 0.295 e. The summed E-state index contributed by atoms with van der Waals surface area (Å²) in [6.45, 7) is 5.69. The van der Waals surface area contributed by atoms with Gasteiger partial charge in [0.25, 0.3) is 11.7 Å². The normalized spacial score (nSPS) is 23.2. The lowest BCUT2D eigenvalue weighted by molar-refractivity contribution is 0.101. The maximum atomic E-state index is 12.9. The van der Waals surface area contributed by atoms with Gasteiger partial charge in [-0.2, -0.15) is 4.98 Å². The van der Waals surface area contributed by atoms with Crippen LogP contribution in [0.5, 0.6) is 0 Å². The number of anilines is 1. The van der Waals surface area contributed by atoms with Gasteiger partial charge >= 0.3 is 0 Å². The third-order valence-corrected chi connectivity index (χ3v) is 8.59. The van der Waals surface area contributed by atoms with E-state index in [0.717, 1.165) is 23.7 Å². The van der Waals surface area contributed by atoms with E-state index in [2.05, 4.69) is 25.1 Å². The van der Waals surface area contributed by atoms with Crippen LogP contribution in [-0.4, -0.2) is 39.9 Å². The van der Waals surface area contributed by atoms with Gasteiger partial charge in [-0.05, 0) is 88.1 Å². The summed E-state index contributed by atoms with van der Waals surface area (Å²) in [5.41, 5.74) is 2.07. The number of hydrogen-bond donors (Lipinski definition) is 2. The summed E-state index contributed by atoms with van der Waals surface area (Å²) in [6, 6.07) is 7.90. The van der Waals surface area contributed by atoms with Gasteiger partial charge in [-0.3, -0.25) is 4.79 Å². The third-order valence-electron chi connectivity index (χ3n) is 7.02. The van der Waals surface area contributed by atoms with Gasteiger partial charge in [0.05, 0.1) is 4.90 Å². The van der Waals surface area contributed by atoms with Gasteiger partial charge in [-0.25, -0.2) is 22.6 Å². The number of fused-ring (bicyclic) bond motifs is 3. The molecule has 2 aliphatic rings. The summed E-state index contributed by atoms with van der Waals surface area (Å²) in [5.74, 6) is 1.68. The molecule has 3 aromatic rings. The quantitative estimate of drug-likeness (QED) is 0.574. The molecule has 174 valence electrons. The summed E-state index contributed by atoms with van der Waals surface area (Å²) >= 11 is 0. The van der Waals surface area contributed by atoms with Crippen LogP contribution in [0.25, 0.3) is 5.78 Å². The fourth-order valence-corrected chi connectivity index (χ4v) is 6.77. The molecule has 2 bridgehead atoms. The molecule has 5 rings (SSSR count).